The minimum Gasteiger partial charge on any atom is -0.479 e. The van der Waals surface area contributed by atoms with Crippen LogP contribution in [0, 0.1) is 5.82 Å². The van der Waals surface area contributed by atoms with Crippen molar-refractivity contribution in [1.29, 1.82) is 0 Å². The van der Waals surface area contributed by atoms with E-state index in [9.17, 15) is 14.3 Å². The molecule has 1 rings (SSSR count). The van der Waals surface area contributed by atoms with Crippen molar-refractivity contribution < 1.29 is 24.5 Å². The zero-order chi connectivity index (χ0) is 11.6. The lowest BCUT2D eigenvalue weighted by molar-refractivity contribution is -0.153. The molecule has 2 unspecified atom stereocenters. The van der Waals surface area contributed by atoms with Gasteiger partial charge in [0, 0.05) is 11.8 Å². The summed E-state index contributed by atoms with van der Waals surface area (Å²) in [4.78, 5) is 13.7. The lowest BCUT2D eigenvalue weighted by Crippen LogP contribution is -2.28. The number of carboxylic acid groups (broad SMARTS) is 1. The zero-order valence-corrected chi connectivity index (χ0v) is 8.02. The van der Waals surface area contributed by atoms with Gasteiger partial charge in [-0.05, 0) is 6.07 Å². The molecular formula is C8H7ClFNO4. The van der Waals surface area contributed by atoms with E-state index in [-0.39, 0.29) is 0 Å². The highest BCUT2D eigenvalue weighted by atomic mass is 35.5. The molecule has 3 N–H and O–H groups in total. The van der Waals surface area contributed by atoms with Crippen LogP contribution in [0.1, 0.15) is 11.7 Å². The normalized spacial score (nSPS) is 14.7. The molecule has 7 heteroatoms. The predicted octanol–water partition coefficient (Wildman–Crippen LogP) is 0.353. The van der Waals surface area contributed by atoms with Crippen LogP contribution in [0.25, 0.3) is 0 Å². The van der Waals surface area contributed by atoms with E-state index in [0.29, 0.717) is 0 Å². The van der Waals surface area contributed by atoms with E-state index in [4.69, 9.17) is 21.8 Å². The van der Waals surface area contributed by atoms with Crippen molar-refractivity contribution in [2.75, 3.05) is 0 Å². The first-order valence-electron chi connectivity index (χ1n) is 3.84. The largest absolute Gasteiger partial charge is 0.479 e. The van der Waals surface area contributed by atoms with Crippen molar-refractivity contribution >= 4 is 17.6 Å². The Morgan fingerprint density at radius 1 is 1.53 bits per heavy atom. The van der Waals surface area contributed by atoms with Crippen LogP contribution in [0.15, 0.2) is 12.3 Å². The molecule has 2 atom stereocenters. The highest BCUT2D eigenvalue weighted by Crippen LogP contribution is 2.23. The molecule has 82 valence electrons. The Morgan fingerprint density at radius 3 is 2.67 bits per heavy atom. The molecule has 5 nitrogen and oxygen atoms in total. The van der Waals surface area contributed by atoms with Crippen LogP contribution in [0.3, 0.4) is 0 Å². The number of aliphatic hydroxyl groups excluding tert-OH is 2. The molecule has 0 saturated carbocycles. The number of aliphatic carboxylic acids is 1. The van der Waals surface area contributed by atoms with Gasteiger partial charge in [0.25, 0.3) is 0 Å². The molecule has 0 spiro atoms. The average Bonchev–Trinajstić information content (AvgIpc) is 2.20. The van der Waals surface area contributed by atoms with E-state index < -0.39 is 34.7 Å². The summed E-state index contributed by atoms with van der Waals surface area (Å²) in [6.45, 7) is 0. The molecule has 0 bridgehead atoms. The lowest BCUT2D eigenvalue weighted by atomic mass is 10.1. The Hall–Kier alpha value is -1.24. The Kier molecular flexibility index (Phi) is 3.57. The zero-order valence-electron chi connectivity index (χ0n) is 7.26. The second-order valence-corrected chi connectivity index (χ2v) is 3.09. The van der Waals surface area contributed by atoms with E-state index in [1.807, 2.05) is 0 Å². The SMILES string of the molecule is O=C(O)C(O)C(O)c1ccnc(Cl)c1F. The molecule has 1 aromatic rings. The molecule has 15 heavy (non-hydrogen) atoms. The van der Waals surface area contributed by atoms with Gasteiger partial charge in [0.05, 0.1) is 0 Å². The average molecular weight is 236 g/mol. The molecule has 0 aliphatic carbocycles. The summed E-state index contributed by atoms with van der Waals surface area (Å²) in [6.07, 6.45) is -2.90. The summed E-state index contributed by atoms with van der Waals surface area (Å²) >= 11 is 5.32. The number of rotatable bonds is 3. The van der Waals surface area contributed by atoms with E-state index >= 15 is 0 Å². The minimum atomic E-state index is -2.11. The monoisotopic (exact) mass is 235 g/mol. The van der Waals surface area contributed by atoms with Gasteiger partial charge in [-0.1, -0.05) is 11.6 Å². The van der Waals surface area contributed by atoms with E-state index in [0.717, 1.165) is 12.3 Å². The second kappa shape index (κ2) is 4.52. The van der Waals surface area contributed by atoms with E-state index in [1.165, 1.54) is 0 Å². The van der Waals surface area contributed by atoms with Gasteiger partial charge in [0.2, 0.25) is 0 Å². The smallest absolute Gasteiger partial charge is 0.335 e. The van der Waals surface area contributed by atoms with Crippen LogP contribution < -0.4 is 0 Å². The number of aromatic nitrogens is 1. The maximum atomic E-state index is 13.2. The van der Waals surface area contributed by atoms with Crippen molar-refractivity contribution in [2.24, 2.45) is 0 Å². The fraction of sp³-hybridized carbons (Fsp3) is 0.250. The van der Waals surface area contributed by atoms with Gasteiger partial charge in [-0.3, -0.25) is 0 Å². The Labute approximate surface area is 88.8 Å². The lowest BCUT2D eigenvalue weighted by Gasteiger charge is -2.14. The highest BCUT2D eigenvalue weighted by molar-refractivity contribution is 6.29. The van der Waals surface area contributed by atoms with Gasteiger partial charge in [0.15, 0.2) is 17.1 Å². The number of hydrogen-bond acceptors (Lipinski definition) is 4. The Balaban J connectivity index is 3.06. The van der Waals surface area contributed by atoms with E-state index in [2.05, 4.69) is 4.98 Å². The first-order valence-corrected chi connectivity index (χ1v) is 4.21. The number of carbonyl (C=O) groups is 1. The molecule has 0 aromatic carbocycles. The summed E-state index contributed by atoms with van der Waals surface area (Å²) in [5, 5.41) is 26.2. The summed E-state index contributed by atoms with van der Waals surface area (Å²) in [5.41, 5.74) is -0.412. The molecule has 1 aromatic heterocycles. The second-order valence-electron chi connectivity index (χ2n) is 2.73. The van der Waals surface area contributed by atoms with Crippen molar-refractivity contribution in [3.05, 3.63) is 28.8 Å². The molecule has 0 amide bonds. The molecule has 1 heterocycles. The van der Waals surface area contributed by atoms with Gasteiger partial charge in [-0.15, -0.1) is 0 Å². The molecule has 0 radical (unpaired) electrons. The number of carboxylic acids is 1. The first kappa shape index (κ1) is 11.8. The van der Waals surface area contributed by atoms with Crippen molar-refractivity contribution in [3.8, 4) is 0 Å². The molecular weight excluding hydrogens is 229 g/mol. The summed E-state index contributed by atoms with van der Waals surface area (Å²) in [5.74, 6) is -2.71. The molecule has 0 saturated heterocycles. The summed E-state index contributed by atoms with van der Waals surface area (Å²) < 4.78 is 13.2. The van der Waals surface area contributed by atoms with Crippen LogP contribution in [-0.2, 0) is 4.79 Å². The fourth-order valence-corrected chi connectivity index (χ4v) is 1.13. The third kappa shape index (κ3) is 2.41. The maximum Gasteiger partial charge on any atom is 0.335 e. The standard InChI is InChI=1S/C8H7ClFNO4/c9-7-4(10)3(1-2-11-7)5(12)6(13)8(14)15/h1-2,5-6,12-13H,(H,14,15). The third-order valence-electron chi connectivity index (χ3n) is 1.75. The maximum absolute atomic E-state index is 13.2. The highest BCUT2D eigenvalue weighted by Gasteiger charge is 2.28. The number of pyridine rings is 1. The summed E-state index contributed by atoms with van der Waals surface area (Å²) in [7, 11) is 0. The van der Waals surface area contributed by atoms with Gasteiger partial charge in [-0.25, -0.2) is 14.2 Å². The van der Waals surface area contributed by atoms with Crippen molar-refractivity contribution in [2.45, 2.75) is 12.2 Å². The fourth-order valence-electron chi connectivity index (χ4n) is 0.966. The number of aliphatic hydroxyl groups is 2. The topological polar surface area (TPSA) is 90.7 Å². The molecule has 0 aliphatic heterocycles. The summed E-state index contributed by atoms with van der Waals surface area (Å²) in [6, 6.07) is 1.04. The Morgan fingerprint density at radius 2 is 2.13 bits per heavy atom. The molecule has 0 fully saturated rings. The van der Waals surface area contributed by atoms with Gasteiger partial charge >= 0.3 is 5.97 Å². The van der Waals surface area contributed by atoms with Gasteiger partial charge in [0.1, 0.15) is 6.10 Å². The van der Waals surface area contributed by atoms with Crippen LogP contribution >= 0.6 is 11.6 Å². The van der Waals surface area contributed by atoms with Crippen LogP contribution in [-0.4, -0.2) is 32.4 Å². The number of nitrogens with zero attached hydrogens (tertiary/aromatic N) is 1. The third-order valence-corrected chi connectivity index (χ3v) is 2.01. The van der Waals surface area contributed by atoms with Crippen LogP contribution in [0.4, 0.5) is 4.39 Å². The first-order chi connectivity index (χ1) is 6.95. The van der Waals surface area contributed by atoms with Gasteiger partial charge in [-0.2, -0.15) is 0 Å². The Bertz CT molecular complexity index is 387. The number of hydrogen-bond donors (Lipinski definition) is 3. The molecule has 0 aliphatic rings. The number of halogens is 2. The quantitative estimate of drug-likeness (QED) is 0.658. The van der Waals surface area contributed by atoms with Crippen molar-refractivity contribution in [1.82, 2.24) is 4.98 Å². The van der Waals surface area contributed by atoms with Crippen LogP contribution in [0.2, 0.25) is 5.15 Å². The predicted molar refractivity (Wildman–Crippen MR) is 47.8 cm³/mol. The van der Waals surface area contributed by atoms with Gasteiger partial charge < -0.3 is 15.3 Å². The van der Waals surface area contributed by atoms with E-state index in [1.54, 1.807) is 0 Å². The minimum absolute atomic E-state index is 0.412. The van der Waals surface area contributed by atoms with Crippen LogP contribution in [0.5, 0.6) is 0 Å². The van der Waals surface area contributed by atoms with Crippen molar-refractivity contribution in [3.63, 3.8) is 0 Å².